The van der Waals surface area contributed by atoms with Gasteiger partial charge in [0.2, 0.25) is 0 Å². The molecule has 0 fully saturated rings. The molecule has 0 bridgehead atoms. The van der Waals surface area contributed by atoms with Crippen molar-refractivity contribution in [3.8, 4) is 0 Å². The molecule has 1 atom stereocenters. The first-order chi connectivity index (χ1) is 10.0. The first-order valence-corrected chi connectivity index (χ1v) is 8.83. The molecule has 0 aliphatic heterocycles. The van der Waals surface area contributed by atoms with Crippen LogP contribution in [0.15, 0.2) is 48.5 Å². The van der Waals surface area contributed by atoms with Gasteiger partial charge in [0.25, 0.3) is 0 Å². The highest BCUT2D eigenvalue weighted by atomic mass is 31.2. The lowest BCUT2D eigenvalue weighted by molar-refractivity contribution is 0.360. The third-order valence-corrected chi connectivity index (χ3v) is 4.80. The Labute approximate surface area is 123 Å². The molecule has 0 aliphatic carbocycles. The van der Waals surface area contributed by atoms with Crippen molar-refractivity contribution in [1.82, 2.24) is 4.57 Å². The maximum atomic E-state index is 11.4. The molecule has 3 rings (SSSR count). The van der Waals surface area contributed by atoms with Gasteiger partial charge >= 0.3 is 7.60 Å². The summed E-state index contributed by atoms with van der Waals surface area (Å²) in [6.07, 6.45) is 0.542. The van der Waals surface area contributed by atoms with Gasteiger partial charge in [0, 0.05) is 27.8 Å². The number of aromatic nitrogens is 1. The first kappa shape index (κ1) is 14.3. The number of nitrogens with zero attached hydrogens (tertiary/aromatic N) is 1. The maximum Gasteiger partial charge on any atom is 0.327 e. The summed E-state index contributed by atoms with van der Waals surface area (Å²) in [4.78, 5) is 18.7. The fraction of sp³-hybridized carbons (Fsp3) is 0.250. The van der Waals surface area contributed by atoms with Gasteiger partial charge in [-0.25, -0.2) is 0 Å². The van der Waals surface area contributed by atoms with E-state index in [-0.39, 0.29) is 12.2 Å². The topological polar surface area (TPSA) is 62.5 Å². The molecule has 1 heterocycles. The molecule has 0 saturated carbocycles. The highest BCUT2D eigenvalue weighted by molar-refractivity contribution is 7.51. The van der Waals surface area contributed by atoms with Gasteiger partial charge in [-0.15, -0.1) is 0 Å². The Morgan fingerprint density at radius 2 is 1.48 bits per heavy atom. The molecule has 4 nitrogen and oxygen atoms in total. The van der Waals surface area contributed by atoms with Crippen molar-refractivity contribution in [2.45, 2.75) is 19.4 Å². The predicted octanol–water partition coefficient (Wildman–Crippen LogP) is 3.92. The van der Waals surface area contributed by atoms with Gasteiger partial charge in [-0.05, 0) is 18.6 Å². The third-order valence-electron chi connectivity index (χ3n) is 3.90. The molecule has 0 saturated heterocycles. The van der Waals surface area contributed by atoms with Gasteiger partial charge < -0.3 is 14.4 Å². The lowest BCUT2D eigenvalue weighted by Crippen LogP contribution is -2.12. The highest BCUT2D eigenvalue weighted by Crippen LogP contribution is 2.42. The van der Waals surface area contributed by atoms with Crippen LogP contribution < -0.4 is 0 Å². The second-order valence-electron chi connectivity index (χ2n) is 5.31. The van der Waals surface area contributed by atoms with Crippen molar-refractivity contribution in [2.24, 2.45) is 0 Å². The summed E-state index contributed by atoms with van der Waals surface area (Å²) in [6, 6.07) is 15.8. The Kier molecular flexibility index (Phi) is 3.62. The van der Waals surface area contributed by atoms with Gasteiger partial charge in [-0.3, -0.25) is 4.57 Å². The van der Waals surface area contributed by atoms with Crippen molar-refractivity contribution in [1.29, 1.82) is 0 Å². The van der Waals surface area contributed by atoms with Crippen LogP contribution in [0, 0.1) is 0 Å². The van der Waals surface area contributed by atoms with Crippen LogP contribution >= 0.6 is 7.60 Å². The SMILES string of the molecule is CCC(CP(=O)(O)O)n1c2ccccc2c2ccccc21. The monoisotopic (exact) mass is 303 g/mol. The van der Waals surface area contributed by atoms with Crippen LogP contribution in [0.2, 0.25) is 0 Å². The second-order valence-corrected chi connectivity index (χ2v) is 7.01. The first-order valence-electron chi connectivity index (χ1n) is 7.03. The van der Waals surface area contributed by atoms with Gasteiger partial charge in [-0.1, -0.05) is 43.3 Å². The van der Waals surface area contributed by atoms with Crippen molar-refractivity contribution >= 4 is 29.4 Å². The van der Waals surface area contributed by atoms with E-state index in [9.17, 15) is 14.4 Å². The van der Waals surface area contributed by atoms with Gasteiger partial charge in [0.05, 0.1) is 6.16 Å². The number of fused-ring (bicyclic) bond motifs is 3. The van der Waals surface area contributed by atoms with E-state index < -0.39 is 7.60 Å². The van der Waals surface area contributed by atoms with Crippen LogP contribution in [0.1, 0.15) is 19.4 Å². The molecule has 1 unspecified atom stereocenters. The molecule has 0 spiro atoms. The number of hydrogen-bond acceptors (Lipinski definition) is 1. The average molecular weight is 303 g/mol. The van der Waals surface area contributed by atoms with E-state index in [1.54, 1.807) is 0 Å². The fourth-order valence-corrected chi connectivity index (χ4v) is 3.98. The fourth-order valence-electron chi connectivity index (χ4n) is 3.01. The van der Waals surface area contributed by atoms with Crippen LogP contribution in [0.3, 0.4) is 0 Å². The molecule has 110 valence electrons. The Morgan fingerprint density at radius 1 is 1.00 bits per heavy atom. The zero-order valence-corrected chi connectivity index (χ0v) is 12.7. The Bertz CT molecular complexity index is 781. The Hall–Kier alpha value is -1.61. The van der Waals surface area contributed by atoms with Gasteiger partial charge in [-0.2, -0.15) is 0 Å². The van der Waals surface area contributed by atoms with Crippen LogP contribution in [0.5, 0.6) is 0 Å². The highest BCUT2D eigenvalue weighted by Gasteiger charge is 2.24. The Morgan fingerprint density at radius 3 is 1.90 bits per heavy atom. The van der Waals surface area contributed by atoms with E-state index in [2.05, 4.69) is 16.7 Å². The summed E-state index contributed by atoms with van der Waals surface area (Å²) < 4.78 is 13.5. The quantitative estimate of drug-likeness (QED) is 0.718. The summed E-state index contributed by atoms with van der Waals surface area (Å²) in [7, 11) is -4.06. The van der Waals surface area contributed by atoms with E-state index in [0.29, 0.717) is 6.42 Å². The second kappa shape index (κ2) is 5.30. The number of rotatable bonds is 4. The van der Waals surface area contributed by atoms with E-state index in [1.165, 1.54) is 0 Å². The molecule has 0 radical (unpaired) electrons. The van der Waals surface area contributed by atoms with Gasteiger partial charge in [0.1, 0.15) is 0 Å². The normalized spacial score (nSPS) is 13.9. The number of para-hydroxylation sites is 2. The minimum absolute atomic E-state index is 0.133. The summed E-state index contributed by atoms with van der Waals surface area (Å²) in [5.74, 6) is 0. The molecule has 2 aromatic carbocycles. The van der Waals surface area contributed by atoms with E-state index in [4.69, 9.17) is 0 Å². The molecule has 0 amide bonds. The molecule has 3 aromatic rings. The minimum Gasteiger partial charge on any atom is -0.337 e. The summed E-state index contributed by atoms with van der Waals surface area (Å²) in [5.41, 5.74) is 2.05. The van der Waals surface area contributed by atoms with Crippen molar-refractivity contribution in [3.05, 3.63) is 48.5 Å². The van der Waals surface area contributed by atoms with Crippen LogP contribution in [0.4, 0.5) is 0 Å². The van der Waals surface area contributed by atoms with Crippen LogP contribution in [-0.4, -0.2) is 20.5 Å². The van der Waals surface area contributed by atoms with E-state index >= 15 is 0 Å². The predicted molar refractivity (Wildman–Crippen MR) is 85.7 cm³/mol. The van der Waals surface area contributed by atoms with E-state index in [1.807, 2.05) is 43.3 Å². The zero-order valence-electron chi connectivity index (χ0n) is 11.8. The molecule has 0 aliphatic rings. The molecular formula is C16H18NO3P. The van der Waals surface area contributed by atoms with E-state index in [0.717, 1.165) is 21.8 Å². The van der Waals surface area contributed by atoms with Crippen LogP contribution in [0.25, 0.3) is 21.8 Å². The summed E-state index contributed by atoms with van der Waals surface area (Å²) in [5, 5.41) is 2.24. The number of benzene rings is 2. The molecule has 1 aromatic heterocycles. The largest absolute Gasteiger partial charge is 0.337 e. The lowest BCUT2D eigenvalue weighted by atomic mass is 10.2. The third kappa shape index (κ3) is 2.62. The minimum atomic E-state index is -4.06. The van der Waals surface area contributed by atoms with Crippen molar-refractivity contribution in [3.63, 3.8) is 0 Å². The molecular weight excluding hydrogens is 285 g/mol. The zero-order chi connectivity index (χ0) is 15.0. The standard InChI is InChI=1S/C16H18NO3P/c1-2-12(11-21(18,19)20)17-15-9-5-3-7-13(15)14-8-4-6-10-16(14)17/h3-10,12H,2,11H2,1H3,(H2,18,19,20). The molecule has 2 N–H and O–H groups in total. The van der Waals surface area contributed by atoms with Crippen LogP contribution in [-0.2, 0) is 4.57 Å². The average Bonchev–Trinajstić information content (AvgIpc) is 2.79. The lowest BCUT2D eigenvalue weighted by Gasteiger charge is -2.20. The summed E-state index contributed by atoms with van der Waals surface area (Å²) >= 11 is 0. The molecule has 5 heteroatoms. The van der Waals surface area contributed by atoms with Gasteiger partial charge in [0.15, 0.2) is 0 Å². The Balaban J connectivity index is 2.30. The summed E-state index contributed by atoms with van der Waals surface area (Å²) in [6.45, 7) is 1.96. The van der Waals surface area contributed by atoms with Crippen molar-refractivity contribution in [2.75, 3.05) is 6.16 Å². The smallest absolute Gasteiger partial charge is 0.327 e. The van der Waals surface area contributed by atoms with Crippen molar-refractivity contribution < 1.29 is 14.4 Å². The molecule has 21 heavy (non-hydrogen) atoms. The number of hydrogen-bond donors (Lipinski definition) is 2. The maximum absolute atomic E-state index is 11.4.